The molecule has 2 aliphatic rings. The maximum atomic E-state index is 13.0. The molecule has 2 bridgehead atoms. The van der Waals surface area contributed by atoms with Gasteiger partial charge in [0.05, 0.1) is 35.8 Å². The Morgan fingerprint density at radius 2 is 2.09 bits per heavy atom. The predicted molar refractivity (Wildman–Crippen MR) is 80.6 cm³/mol. The fourth-order valence-electron chi connectivity index (χ4n) is 3.20. The molecule has 0 aliphatic carbocycles. The molecule has 2 saturated heterocycles. The molecule has 0 N–H and O–H groups in total. The second-order valence-electron chi connectivity index (χ2n) is 5.99. The van der Waals surface area contributed by atoms with Crippen LogP contribution >= 0.6 is 0 Å². The van der Waals surface area contributed by atoms with E-state index in [4.69, 9.17) is 10.00 Å². The standard InChI is InChI=1S/C15H19N3O3S/c1-17-7-13-8-18(14(9-17)11-21-10-13)22(19,20)15-4-2-3-12(5-15)6-16/h2-5,13-14H,7-11H2,1H3/t13-,14-/m0/s1. The maximum absolute atomic E-state index is 13.0. The van der Waals surface area contributed by atoms with Crippen LogP contribution in [0.5, 0.6) is 0 Å². The quantitative estimate of drug-likeness (QED) is 0.793. The van der Waals surface area contributed by atoms with E-state index in [0.29, 0.717) is 31.9 Å². The van der Waals surface area contributed by atoms with Gasteiger partial charge in [-0.15, -0.1) is 0 Å². The van der Waals surface area contributed by atoms with Gasteiger partial charge in [-0.25, -0.2) is 8.42 Å². The molecule has 2 aliphatic heterocycles. The normalized spacial score (nSPS) is 27.1. The number of likely N-dealkylation sites (N-methyl/N-ethyl adjacent to an activating group) is 1. The summed E-state index contributed by atoms with van der Waals surface area (Å²) in [7, 11) is -1.61. The second-order valence-corrected chi connectivity index (χ2v) is 7.88. The van der Waals surface area contributed by atoms with E-state index in [1.165, 1.54) is 6.07 Å². The number of sulfonamides is 1. The highest BCUT2D eigenvalue weighted by molar-refractivity contribution is 7.89. The summed E-state index contributed by atoms with van der Waals surface area (Å²) in [6.07, 6.45) is 0. The highest BCUT2D eigenvalue weighted by atomic mass is 32.2. The van der Waals surface area contributed by atoms with E-state index in [0.717, 1.165) is 6.54 Å². The minimum Gasteiger partial charge on any atom is -0.379 e. The summed E-state index contributed by atoms with van der Waals surface area (Å²) < 4.78 is 33.2. The Morgan fingerprint density at radius 1 is 1.27 bits per heavy atom. The lowest BCUT2D eigenvalue weighted by Gasteiger charge is -2.29. The molecular formula is C15H19N3O3S. The number of hydrogen-bond acceptors (Lipinski definition) is 5. The van der Waals surface area contributed by atoms with E-state index in [2.05, 4.69) is 4.90 Å². The van der Waals surface area contributed by atoms with E-state index in [9.17, 15) is 8.42 Å². The van der Waals surface area contributed by atoms with Gasteiger partial charge in [-0.1, -0.05) is 6.07 Å². The first-order valence-electron chi connectivity index (χ1n) is 7.29. The summed E-state index contributed by atoms with van der Waals surface area (Å²) in [5.74, 6) is 0.173. The van der Waals surface area contributed by atoms with Gasteiger partial charge in [-0.05, 0) is 25.2 Å². The first-order valence-corrected chi connectivity index (χ1v) is 8.73. The third-order valence-electron chi connectivity index (χ3n) is 4.17. The molecule has 2 heterocycles. The van der Waals surface area contributed by atoms with Crippen molar-refractivity contribution in [3.8, 4) is 6.07 Å². The Balaban J connectivity index is 1.99. The Hall–Kier alpha value is -1.46. The summed E-state index contributed by atoms with van der Waals surface area (Å²) in [4.78, 5) is 2.35. The van der Waals surface area contributed by atoms with Crippen LogP contribution in [0.4, 0.5) is 0 Å². The highest BCUT2D eigenvalue weighted by Gasteiger charge is 2.39. The van der Waals surface area contributed by atoms with Crippen molar-refractivity contribution in [1.82, 2.24) is 9.21 Å². The van der Waals surface area contributed by atoms with Crippen molar-refractivity contribution in [2.45, 2.75) is 10.9 Å². The third-order valence-corrected chi connectivity index (χ3v) is 6.09. The Morgan fingerprint density at radius 3 is 2.86 bits per heavy atom. The highest BCUT2D eigenvalue weighted by Crippen LogP contribution is 2.26. The van der Waals surface area contributed by atoms with Gasteiger partial charge in [-0.2, -0.15) is 9.57 Å². The van der Waals surface area contributed by atoms with Gasteiger partial charge in [0.1, 0.15) is 0 Å². The summed E-state index contributed by atoms with van der Waals surface area (Å²) in [6, 6.07) is 8.01. The zero-order chi connectivity index (χ0) is 15.7. The number of nitrogens with zero attached hydrogens (tertiary/aromatic N) is 3. The van der Waals surface area contributed by atoms with Crippen LogP contribution in [-0.2, 0) is 14.8 Å². The van der Waals surface area contributed by atoms with Crippen LogP contribution in [0.2, 0.25) is 0 Å². The van der Waals surface area contributed by atoms with Crippen molar-refractivity contribution in [2.75, 3.05) is 39.9 Å². The van der Waals surface area contributed by atoms with E-state index < -0.39 is 10.0 Å². The lowest BCUT2D eigenvalue weighted by atomic mass is 10.1. The minimum atomic E-state index is -3.62. The smallest absolute Gasteiger partial charge is 0.243 e. The molecule has 1 aromatic carbocycles. The number of nitriles is 1. The van der Waals surface area contributed by atoms with E-state index in [-0.39, 0.29) is 16.9 Å². The Bertz CT molecular complexity index is 698. The van der Waals surface area contributed by atoms with Gasteiger partial charge in [0.2, 0.25) is 10.0 Å². The Kier molecular flexibility index (Phi) is 4.19. The molecule has 2 atom stereocenters. The summed E-state index contributed by atoms with van der Waals surface area (Å²) >= 11 is 0. The number of fused-ring (bicyclic) bond motifs is 3. The zero-order valence-electron chi connectivity index (χ0n) is 12.5. The molecule has 118 valence electrons. The molecule has 0 amide bonds. The fraction of sp³-hybridized carbons (Fsp3) is 0.533. The third kappa shape index (κ3) is 2.88. The maximum Gasteiger partial charge on any atom is 0.243 e. The first kappa shape index (κ1) is 15.4. The molecule has 0 unspecified atom stereocenters. The van der Waals surface area contributed by atoms with Crippen molar-refractivity contribution < 1.29 is 13.2 Å². The lowest BCUT2D eigenvalue weighted by Crippen LogP contribution is -2.45. The van der Waals surface area contributed by atoms with Crippen LogP contribution in [0.1, 0.15) is 5.56 Å². The largest absolute Gasteiger partial charge is 0.379 e. The average molecular weight is 321 g/mol. The summed E-state index contributed by atoms with van der Waals surface area (Å²) in [6.45, 7) is 2.96. The van der Waals surface area contributed by atoms with Crippen LogP contribution in [0, 0.1) is 17.2 Å². The molecule has 0 saturated carbocycles. The summed E-state index contributed by atoms with van der Waals surface area (Å²) in [5.41, 5.74) is 0.354. The summed E-state index contributed by atoms with van der Waals surface area (Å²) in [5, 5.41) is 8.98. The predicted octanol–water partition coefficient (Wildman–Crippen LogP) is 0.509. The van der Waals surface area contributed by atoms with Crippen LogP contribution in [0.3, 0.4) is 0 Å². The zero-order valence-corrected chi connectivity index (χ0v) is 13.3. The van der Waals surface area contributed by atoms with Gasteiger partial charge in [-0.3, -0.25) is 0 Å². The number of hydrogen-bond donors (Lipinski definition) is 0. The van der Waals surface area contributed by atoms with Gasteiger partial charge < -0.3 is 9.64 Å². The van der Waals surface area contributed by atoms with Crippen molar-refractivity contribution in [2.24, 2.45) is 5.92 Å². The van der Waals surface area contributed by atoms with Crippen molar-refractivity contribution in [3.05, 3.63) is 29.8 Å². The molecule has 7 heteroatoms. The molecule has 2 fully saturated rings. The monoisotopic (exact) mass is 321 g/mol. The minimum absolute atomic E-state index is 0.173. The SMILES string of the molecule is CN1C[C@@H]2COC[C@H](C1)N(S(=O)(=O)c1cccc(C#N)c1)C2. The number of rotatable bonds is 2. The van der Waals surface area contributed by atoms with E-state index in [1.54, 1.807) is 22.5 Å². The Labute approximate surface area is 130 Å². The van der Waals surface area contributed by atoms with Gasteiger partial charge in [0.25, 0.3) is 0 Å². The van der Waals surface area contributed by atoms with Crippen LogP contribution in [-0.4, -0.2) is 63.6 Å². The molecule has 3 rings (SSSR count). The molecule has 0 spiro atoms. The average Bonchev–Trinajstić information content (AvgIpc) is 2.78. The van der Waals surface area contributed by atoms with E-state index >= 15 is 0 Å². The van der Waals surface area contributed by atoms with Crippen molar-refractivity contribution >= 4 is 10.0 Å². The molecule has 22 heavy (non-hydrogen) atoms. The molecule has 6 nitrogen and oxygen atoms in total. The number of ether oxygens (including phenoxy) is 1. The number of benzene rings is 1. The van der Waals surface area contributed by atoms with Crippen LogP contribution in [0.25, 0.3) is 0 Å². The molecule has 0 aromatic heterocycles. The molecule has 0 radical (unpaired) electrons. The lowest BCUT2D eigenvalue weighted by molar-refractivity contribution is 0.0659. The van der Waals surface area contributed by atoms with Crippen molar-refractivity contribution in [1.29, 1.82) is 5.26 Å². The van der Waals surface area contributed by atoms with Gasteiger partial charge >= 0.3 is 0 Å². The second kappa shape index (κ2) is 5.97. The molecular weight excluding hydrogens is 302 g/mol. The topological polar surface area (TPSA) is 73.6 Å². The van der Waals surface area contributed by atoms with Crippen LogP contribution in [0.15, 0.2) is 29.2 Å². The van der Waals surface area contributed by atoms with Crippen molar-refractivity contribution in [3.63, 3.8) is 0 Å². The molecule has 1 aromatic rings. The van der Waals surface area contributed by atoms with Crippen LogP contribution < -0.4 is 0 Å². The van der Waals surface area contributed by atoms with Gasteiger partial charge in [0, 0.05) is 25.6 Å². The fourth-order valence-corrected chi connectivity index (χ4v) is 4.92. The van der Waals surface area contributed by atoms with E-state index in [1.807, 2.05) is 13.1 Å². The first-order chi connectivity index (χ1) is 10.5. The van der Waals surface area contributed by atoms with Gasteiger partial charge in [0.15, 0.2) is 0 Å².